The van der Waals surface area contributed by atoms with Gasteiger partial charge >= 0.3 is 0 Å². The van der Waals surface area contributed by atoms with Gasteiger partial charge in [0.05, 0.1) is 6.61 Å². The second-order valence-electron chi connectivity index (χ2n) is 2.59. The zero-order valence-corrected chi connectivity index (χ0v) is 9.06. The third-order valence-corrected chi connectivity index (χ3v) is 2.56. The van der Waals surface area contributed by atoms with Crippen molar-refractivity contribution in [2.24, 2.45) is 0 Å². The van der Waals surface area contributed by atoms with Gasteiger partial charge in [-0.3, -0.25) is 0 Å². The third kappa shape index (κ3) is 8.01. The summed E-state index contributed by atoms with van der Waals surface area (Å²) in [5.41, 5.74) is 0. The van der Waals surface area contributed by atoms with Crippen molar-refractivity contribution in [3.05, 3.63) is 0 Å². The molecule has 0 aromatic heterocycles. The van der Waals surface area contributed by atoms with Crippen LogP contribution in [0.4, 0.5) is 0 Å². The smallest absolute Gasteiger partial charge is 0.276 e. The molecule has 14 heavy (non-hydrogen) atoms. The minimum absolute atomic E-state index is 0.265. The average Bonchev–Trinajstić information content (AvgIpc) is 2.13. The molecule has 0 rings (SSSR count). The fourth-order valence-electron chi connectivity index (χ4n) is 0.726. The second kappa shape index (κ2) is 7.76. The van der Waals surface area contributed by atoms with E-state index in [4.69, 9.17) is 11.2 Å². The average molecular weight is 220 g/mol. The summed E-state index contributed by atoms with van der Waals surface area (Å²) in [5.74, 6) is 2.43. The standard InChI is InChI=1S/C8H16N2O3S/c1-3-4-5-6-9-14(11,12)10-7-8-13-2/h1,9-10H,4-8H2,2H3. The summed E-state index contributed by atoms with van der Waals surface area (Å²) in [5, 5.41) is 0. The molecule has 5 nitrogen and oxygen atoms in total. The highest BCUT2D eigenvalue weighted by atomic mass is 32.2. The van der Waals surface area contributed by atoms with Crippen molar-refractivity contribution in [3.8, 4) is 12.3 Å². The molecule has 0 saturated carbocycles. The van der Waals surface area contributed by atoms with Gasteiger partial charge in [-0.05, 0) is 6.42 Å². The monoisotopic (exact) mass is 220 g/mol. The minimum Gasteiger partial charge on any atom is -0.383 e. The predicted molar refractivity (Wildman–Crippen MR) is 54.9 cm³/mol. The Bertz CT molecular complexity index is 269. The van der Waals surface area contributed by atoms with Crippen LogP contribution in [0.5, 0.6) is 0 Å². The lowest BCUT2D eigenvalue weighted by atomic mass is 10.3. The van der Waals surface area contributed by atoms with Gasteiger partial charge in [-0.1, -0.05) is 0 Å². The Morgan fingerprint density at radius 2 is 2.00 bits per heavy atom. The van der Waals surface area contributed by atoms with Gasteiger partial charge in [0.2, 0.25) is 0 Å². The van der Waals surface area contributed by atoms with Gasteiger partial charge in [0, 0.05) is 26.6 Å². The van der Waals surface area contributed by atoms with Gasteiger partial charge < -0.3 is 4.74 Å². The van der Waals surface area contributed by atoms with E-state index in [1.54, 1.807) is 0 Å². The quantitative estimate of drug-likeness (QED) is 0.427. The third-order valence-electron chi connectivity index (χ3n) is 1.39. The lowest BCUT2D eigenvalue weighted by Crippen LogP contribution is -2.38. The van der Waals surface area contributed by atoms with Crippen LogP contribution in [0.2, 0.25) is 0 Å². The maximum Gasteiger partial charge on any atom is 0.276 e. The molecule has 6 heteroatoms. The Morgan fingerprint density at radius 1 is 1.36 bits per heavy atom. The first-order valence-corrected chi connectivity index (χ1v) is 5.77. The van der Waals surface area contributed by atoms with E-state index in [0.29, 0.717) is 26.0 Å². The number of nitrogens with one attached hydrogen (secondary N) is 2. The molecule has 0 aliphatic heterocycles. The summed E-state index contributed by atoms with van der Waals surface area (Å²) in [4.78, 5) is 0. The van der Waals surface area contributed by atoms with Crippen molar-refractivity contribution in [2.45, 2.75) is 12.8 Å². The molecule has 0 aromatic carbocycles. The fourth-order valence-corrected chi connectivity index (χ4v) is 1.59. The van der Waals surface area contributed by atoms with Crippen molar-refractivity contribution < 1.29 is 13.2 Å². The van der Waals surface area contributed by atoms with E-state index in [-0.39, 0.29) is 6.54 Å². The molecule has 0 fully saturated rings. The van der Waals surface area contributed by atoms with E-state index < -0.39 is 10.2 Å². The minimum atomic E-state index is -3.38. The van der Waals surface area contributed by atoms with Crippen molar-refractivity contribution in [1.82, 2.24) is 9.44 Å². The first-order chi connectivity index (χ1) is 6.62. The summed E-state index contributed by atoms with van der Waals surface area (Å²) in [6.45, 7) is 0.971. The van der Waals surface area contributed by atoms with Gasteiger partial charge in [-0.15, -0.1) is 12.3 Å². The number of methoxy groups -OCH3 is 1. The molecule has 0 aromatic rings. The summed E-state index contributed by atoms with van der Waals surface area (Å²) in [6.07, 6.45) is 6.23. The summed E-state index contributed by atoms with van der Waals surface area (Å²) < 4.78 is 31.7. The molecule has 0 heterocycles. The zero-order chi connectivity index (χ0) is 10.9. The predicted octanol–water partition coefficient (Wildman–Crippen LogP) is -0.530. The van der Waals surface area contributed by atoms with Crippen LogP contribution >= 0.6 is 0 Å². The molecule has 0 radical (unpaired) electrons. The maximum absolute atomic E-state index is 11.1. The molecule has 0 aliphatic rings. The molecule has 0 spiro atoms. The van der Waals surface area contributed by atoms with Gasteiger partial charge in [-0.25, -0.2) is 4.72 Å². The van der Waals surface area contributed by atoms with Crippen molar-refractivity contribution in [2.75, 3.05) is 26.8 Å². The van der Waals surface area contributed by atoms with Crippen LogP contribution in [0.15, 0.2) is 0 Å². The number of hydrogen-bond acceptors (Lipinski definition) is 3. The maximum atomic E-state index is 11.1. The Hall–Kier alpha value is -0.610. The Labute approximate surface area is 85.4 Å². The molecule has 82 valence electrons. The van der Waals surface area contributed by atoms with E-state index in [1.165, 1.54) is 7.11 Å². The van der Waals surface area contributed by atoms with Gasteiger partial charge in [0.25, 0.3) is 10.2 Å². The largest absolute Gasteiger partial charge is 0.383 e. The summed E-state index contributed by atoms with van der Waals surface area (Å²) in [6, 6.07) is 0. The fraction of sp³-hybridized carbons (Fsp3) is 0.750. The first kappa shape index (κ1) is 13.4. The lowest BCUT2D eigenvalue weighted by molar-refractivity contribution is 0.204. The van der Waals surface area contributed by atoms with Crippen LogP contribution in [-0.4, -0.2) is 35.2 Å². The van der Waals surface area contributed by atoms with Crippen molar-refractivity contribution in [3.63, 3.8) is 0 Å². The van der Waals surface area contributed by atoms with Crippen LogP contribution in [0.3, 0.4) is 0 Å². The number of terminal acetylenes is 1. The molecule has 0 bridgehead atoms. The molecule has 0 amide bonds. The first-order valence-electron chi connectivity index (χ1n) is 4.29. The molecule has 0 unspecified atom stereocenters. The van der Waals surface area contributed by atoms with Crippen molar-refractivity contribution in [1.29, 1.82) is 0 Å². The highest BCUT2D eigenvalue weighted by Crippen LogP contribution is 1.85. The van der Waals surface area contributed by atoms with E-state index in [0.717, 1.165) is 0 Å². The van der Waals surface area contributed by atoms with Crippen LogP contribution < -0.4 is 9.44 Å². The SMILES string of the molecule is C#CCCCNS(=O)(=O)NCCOC. The highest BCUT2D eigenvalue weighted by molar-refractivity contribution is 7.87. The molecule has 0 aliphatic carbocycles. The second-order valence-corrected chi connectivity index (χ2v) is 4.18. The molecular weight excluding hydrogens is 204 g/mol. The van der Waals surface area contributed by atoms with Crippen LogP contribution in [0.25, 0.3) is 0 Å². The lowest BCUT2D eigenvalue weighted by Gasteiger charge is -2.06. The molecule has 0 atom stereocenters. The van der Waals surface area contributed by atoms with E-state index in [2.05, 4.69) is 15.4 Å². The number of rotatable bonds is 8. The molecular formula is C8H16N2O3S. The normalized spacial score (nSPS) is 11.1. The van der Waals surface area contributed by atoms with Crippen LogP contribution in [0, 0.1) is 12.3 Å². The van der Waals surface area contributed by atoms with Crippen molar-refractivity contribution >= 4 is 10.2 Å². The Morgan fingerprint density at radius 3 is 2.57 bits per heavy atom. The number of ether oxygens (including phenoxy) is 1. The van der Waals surface area contributed by atoms with Crippen LogP contribution in [0.1, 0.15) is 12.8 Å². The number of hydrogen-bond donors (Lipinski definition) is 2. The van der Waals surface area contributed by atoms with Gasteiger partial charge in [-0.2, -0.15) is 13.1 Å². The van der Waals surface area contributed by atoms with Crippen LogP contribution in [-0.2, 0) is 14.9 Å². The number of unbranched alkanes of at least 4 members (excludes halogenated alkanes) is 1. The van der Waals surface area contributed by atoms with Gasteiger partial charge in [0.15, 0.2) is 0 Å². The highest BCUT2D eigenvalue weighted by Gasteiger charge is 2.06. The Balaban J connectivity index is 3.58. The molecule has 0 saturated heterocycles. The summed E-state index contributed by atoms with van der Waals surface area (Å²) >= 11 is 0. The Kier molecular flexibility index (Phi) is 7.42. The van der Waals surface area contributed by atoms with E-state index in [9.17, 15) is 8.42 Å². The van der Waals surface area contributed by atoms with Gasteiger partial charge in [0.1, 0.15) is 0 Å². The van der Waals surface area contributed by atoms with E-state index >= 15 is 0 Å². The van der Waals surface area contributed by atoms with E-state index in [1.807, 2.05) is 0 Å². The topological polar surface area (TPSA) is 67.4 Å². The summed E-state index contributed by atoms with van der Waals surface area (Å²) in [7, 11) is -1.87. The zero-order valence-electron chi connectivity index (χ0n) is 8.25. The molecule has 2 N–H and O–H groups in total.